The van der Waals surface area contributed by atoms with E-state index >= 15 is 0 Å². The average molecular weight is 981 g/mol. The van der Waals surface area contributed by atoms with Gasteiger partial charge in [0.1, 0.15) is 24.7 Å². The molecule has 66 heavy (non-hydrogen) atoms. The molecule has 1 atom stereocenters. The van der Waals surface area contributed by atoms with E-state index in [1.54, 1.807) is 37.2 Å². The minimum Gasteiger partial charge on any atom is -0.492 e. The number of ether oxygens (including phenoxy) is 2. The number of hydrogen-bond acceptors (Lipinski definition) is 14. The lowest BCUT2D eigenvalue weighted by Crippen LogP contribution is -2.35. The summed E-state index contributed by atoms with van der Waals surface area (Å²) < 4.78 is 120. The number of anilines is 1. The lowest BCUT2D eigenvalue weighted by molar-refractivity contribution is -0.145. The van der Waals surface area contributed by atoms with Gasteiger partial charge < -0.3 is 33.8 Å². The van der Waals surface area contributed by atoms with Crippen molar-refractivity contribution in [2.75, 3.05) is 63.0 Å². The predicted molar refractivity (Wildman–Crippen MR) is 245 cm³/mol. The van der Waals surface area contributed by atoms with Gasteiger partial charge in [-0.15, -0.1) is 4.73 Å². The molecule has 1 aromatic heterocycles. The number of carbonyl (C=O) groups is 1. The van der Waals surface area contributed by atoms with Crippen molar-refractivity contribution in [2.45, 2.75) is 75.5 Å². The van der Waals surface area contributed by atoms with Crippen LogP contribution in [0.5, 0.6) is 11.8 Å². The van der Waals surface area contributed by atoms with Gasteiger partial charge in [0.05, 0.1) is 35.7 Å². The quantitative estimate of drug-likeness (QED) is 0.0408. The van der Waals surface area contributed by atoms with Gasteiger partial charge in [-0.25, -0.2) is 9.37 Å². The first-order valence-corrected chi connectivity index (χ1v) is 25.7. The first-order valence-electron chi connectivity index (χ1n) is 21.0. The van der Waals surface area contributed by atoms with E-state index in [1.807, 2.05) is 28.8 Å². The molecule has 362 valence electrons. The molecule has 0 amide bonds. The Labute approximate surface area is 384 Å². The summed E-state index contributed by atoms with van der Waals surface area (Å²) in [6.45, 7) is 9.78. The summed E-state index contributed by atoms with van der Waals surface area (Å²) in [5.74, 6) is -1.85. The second-order valence-corrected chi connectivity index (χ2v) is 21.6. The predicted octanol–water partition coefficient (Wildman–Crippen LogP) is 4.63. The first-order chi connectivity index (χ1) is 30.8. The number of fused-ring (bicyclic) bond motifs is 2. The Hall–Kier alpha value is -5.07. The molecule has 1 aromatic carbocycles. The van der Waals surface area contributed by atoms with Crippen LogP contribution in [-0.4, -0.2) is 118 Å². The maximum atomic E-state index is 12.9. The number of rotatable bonds is 22. The van der Waals surface area contributed by atoms with Crippen molar-refractivity contribution >= 4 is 48.1 Å². The number of aromatic nitrogens is 1. The van der Waals surface area contributed by atoms with Crippen molar-refractivity contribution in [1.29, 1.82) is 0 Å². The lowest BCUT2D eigenvalue weighted by atomic mass is 9.77. The minimum atomic E-state index is -4.68. The summed E-state index contributed by atoms with van der Waals surface area (Å²) in [5.41, 5.74) is 1.80. The molecule has 1 aliphatic carbocycles. The highest BCUT2D eigenvalue weighted by Gasteiger charge is 2.44. The van der Waals surface area contributed by atoms with Crippen molar-refractivity contribution < 1.29 is 72.6 Å². The van der Waals surface area contributed by atoms with Crippen molar-refractivity contribution in [1.82, 2.24) is 9.31 Å². The first kappa shape index (κ1) is 51.9. The third kappa shape index (κ3) is 13.7. The number of allylic oxidation sites excluding steroid dienone is 3. The van der Waals surface area contributed by atoms with Crippen LogP contribution >= 0.6 is 0 Å². The zero-order valence-corrected chi connectivity index (χ0v) is 39.9. The van der Waals surface area contributed by atoms with Crippen LogP contribution in [0.3, 0.4) is 0 Å². The van der Waals surface area contributed by atoms with Gasteiger partial charge in [-0.05, 0) is 85.2 Å². The van der Waals surface area contributed by atoms with Crippen LogP contribution in [0.4, 0.5) is 5.69 Å². The largest absolute Gasteiger partial charge is 0.492 e. The molecule has 3 heterocycles. The van der Waals surface area contributed by atoms with Crippen molar-refractivity contribution in [3.63, 3.8) is 0 Å². The third-order valence-corrected chi connectivity index (χ3v) is 13.5. The van der Waals surface area contributed by atoms with Gasteiger partial charge in [0.2, 0.25) is 17.1 Å². The highest BCUT2D eigenvalue weighted by atomic mass is 32.2. The molecule has 3 aliphatic rings. The van der Waals surface area contributed by atoms with Gasteiger partial charge in [-0.1, -0.05) is 26.8 Å². The van der Waals surface area contributed by atoms with E-state index in [1.165, 1.54) is 18.2 Å². The summed E-state index contributed by atoms with van der Waals surface area (Å²) >= 11 is 0. The van der Waals surface area contributed by atoms with Gasteiger partial charge in [0.25, 0.3) is 30.4 Å². The Morgan fingerprint density at radius 3 is 2.17 bits per heavy atom. The molecule has 19 nitrogen and oxygen atoms in total. The van der Waals surface area contributed by atoms with Gasteiger partial charge in [0.15, 0.2) is 6.54 Å². The molecular formula is C44H58N3O16S3+. The fraction of sp³-hybridized carbons (Fsp3) is 0.455. The molecule has 0 bridgehead atoms. The van der Waals surface area contributed by atoms with E-state index in [0.717, 1.165) is 28.6 Å². The Kier molecular flexibility index (Phi) is 16.7. The van der Waals surface area contributed by atoms with Crippen LogP contribution in [0.2, 0.25) is 0 Å². The van der Waals surface area contributed by atoms with Crippen LogP contribution in [0.15, 0.2) is 81.8 Å². The van der Waals surface area contributed by atoms with Crippen LogP contribution in [0, 0.1) is 0 Å². The lowest BCUT2D eigenvalue weighted by Gasteiger charge is -2.30. The summed E-state index contributed by atoms with van der Waals surface area (Å²) in [7, 11) is -11.7. The van der Waals surface area contributed by atoms with Gasteiger partial charge >= 0.3 is 5.97 Å². The van der Waals surface area contributed by atoms with E-state index in [4.69, 9.17) is 18.7 Å². The average Bonchev–Trinajstić information content (AvgIpc) is 3.65. The molecule has 5 rings (SSSR count). The fourth-order valence-corrected chi connectivity index (χ4v) is 9.38. The van der Waals surface area contributed by atoms with Gasteiger partial charge in [-0.2, -0.15) is 25.3 Å². The topological polar surface area (TPSA) is 273 Å². The molecule has 22 heteroatoms. The Bertz CT molecular complexity index is 2800. The second kappa shape index (κ2) is 21.3. The molecule has 0 saturated carbocycles. The van der Waals surface area contributed by atoms with E-state index < -0.39 is 65.0 Å². The Morgan fingerprint density at radius 2 is 1.53 bits per heavy atom. The van der Waals surface area contributed by atoms with Crippen LogP contribution in [0.25, 0.3) is 17.4 Å². The molecule has 0 fully saturated rings. The smallest absolute Gasteiger partial charge is 0.333 e. The summed E-state index contributed by atoms with van der Waals surface area (Å²) in [5, 5.41) is 20.6. The monoisotopic (exact) mass is 980 g/mol. The highest BCUT2D eigenvalue weighted by molar-refractivity contribution is 7.86. The van der Waals surface area contributed by atoms with Crippen LogP contribution in [0.1, 0.15) is 76.7 Å². The Balaban J connectivity index is 1.60. The number of methoxy groups -OCH3 is 1. The fourth-order valence-electron chi connectivity index (χ4n) is 7.88. The molecule has 2 aliphatic heterocycles. The zero-order chi connectivity index (χ0) is 48.7. The molecule has 5 N–H and O–H groups in total. The van der Waals surface area contributed by atoms with E-state index in [2.05, 4.69) is 20.8 Å². The highest BCUT2D eigenvalue weighted by Crippen LogP contribution is 2.51. The number of aromatic hydroxyl groups is 2. The normalized spacial score (nSPS) is 17.0. The second-order valence-electron chi connectivity index (χ2n) is 17.1. The minimum absolute atomic E-state index is 0.0327. The maximum Gasteiger partial charge on any atom is 0.333 e. The summed E-state index contributed by atoms with van der Waals surface area (Å²) in [4.78, 5) is 19.4. The van der Waals surface area contributed by atoms with E-state index in [0.29, 0.717) is 59.6 Å². The third-order valence-electron chi connectivity index (χ3n) is 11.1. The summed E-state index contributed by atoms with van der Waals surface area (Å²) in [6, 6.07) is 13.9. The van der Waals surface area contributed by atoms with Crippen molar-refractivity contribution in [3.8, 4) is 23.1 Å². The zero-order valence-electron chi connectivity index (χ0n) is 37.4. The van der Waals surface area contributed by atoms with Gasteiger partial charge in [-0.3, -0.25) is 13.7 Å². The number of hydrogen-bond donors (Lipinski definition) is 5. The molecule has 0 spiro atoms. The van der Waals surface area contributed by atoms with E-state index in [9.17, 15) is 53.9 Å². The maximum absolute atomic E-state index is 12.9. The van der Waals surface area contributed by atoms with Gasteiger partial charge in [0, 0.05) is 67.1 Å². The molecule has 0 saturated heterocycles. The van der Waals surface area contributed by atoms with E-state index in [-0.39, 0.29) is 55.5 Å². The molecule has 0 radical (unpaired) electrons. The number of carbonyl (C=O) groups excluding carboxylic acids is 1. The standard InChI is InChI=1S/C44H57N3O16S3/c1-43(2,3)35-29-32(62-38-28-31(13-15-34(35)38)45(20-8-26-64(51,52)53)22-23-61-25-24-60-5)10-6-11-39-44(4,19-7-12-42(50)63-47-40(48)17-18-41(47)49)36-30-33(66(57,58)59)14-16-37(36)46(39)21-9-27-65(54,55)56/h6,10-11,13-18,28-30H,7-9,12,19-27H2,1-5H3,(H4-,48,49,51,52,53,54,55,56,57,58,59)/p+1. The van der Waals surface area contributed by atoms with Crippen LogP contribution < -0.4 is 19.7 Å². The number of benzene rings is 2. The molecular weight excluding hydrogens is 923 g/mol. The Morgan fingerprint density at radius 1 is 0.848 bits per heavy atom. The van der Waals surface area contributed by atoms with Crippen molar-refractivity contribution in [2.24, 2.45) is 0 Å². The summed E-state index contributed by atoms with van der Waals surface area (Å²) in [6.07, 6.45) is 5.41. The van der Waals surface area contributed by atoms with Crippen molar-refractivity contribution in [3.05, 3.63) is 94.7 Å². The number of nitrogens with zero attached hydrogens (tertiary/aromatic N) is 3. The SMILES string of the molecule is COCCOCC[N+](CCCS(=O)(=O)O)=c1ccc2c(C(C)(C)C)cc(C=CC=C3N(CCCS(=O)(=O)O)c4ccc(S(=O)(=O)O)cc4C3(C)CCCC(=O)On3c(O)ccc3O)oc-2c1. The molecule has 2 aromatic rings. The van der Waals surface area contributed by atoms with Crippen LogP contribution in [-0.2, 0) is 55.5 Å². The molecule has 1 unspecified atom stereocenters.